The molecule has 0 spiro atoms. The lowest BCUT2D eigenvalue weighted by Crippen LogP contribution is -2.08. The minimum atomic E-state index is 0.910. The van der Waals surface area contributed by atoms with E-state index in [1.54, 1.807) is 6.33 Å². The molecule has 1 N–H and O–H groups in total. The third-order valence-electron chi connectivity index (χ3n) is 3.02. The van der Waals surface area contributed by atoms with Gasteiger partial charge in [-0.05, 0) is 32.1 Å². The molecule has 0 saturated carbocycles. The summed E-state index contributed by atoms with van der Waals surface area (Å²) < 4.78 is 0. The smallest absolute Gasteiger partial charge is 0.132 e. The molecule has 1 aliphatic rings. The Morgan fingerprint density at radius 3 is 3.00 bits per heavy atom. The zero-order chi connectivity index (χ0) is 11.2. The molecule has 1 heterocycles. The van der Waals surface area contributed by atoms with E-state index in [0.29, 0.717) is 0 Å². The number of fused-ring (bicyclic) bond motifs is 1. The zero-order valence-electron chi connectivity index (χ0n) is 9.71. The van der Waals surface area contributed by atoms with Gasteiger partial charge in [-0.15, -0.1) is 6.58 Å². The van der Waals surface area contributed by atoms with Crippen molar-refractivity contribution in [1.82, 2.24) is 9.97 Å². The van der Waals surface area contributed by atoms with Gasteiger partial charge in [0.25, 0.3) is 0 Å². The van der Waals surface area contributed by atoms with Crippen LogP contribution in [-0.4, -0.2) is 16.5 Å². The number of aryl methyl sites for hydroxylation is 1. The molecule has 16 heavy (non-hydrogen) atoms. The first-order valence-electron chi connectivity index (χ1n) is 6.09. The summed E-state index contributed by atoms with van der Waals surface area (Å²) in [7, 11) is 0. The van der Waals surface area contributed by atoms with Gasteiger partial charge < -0.3 is 5.32 Å². The molecule has 0 atom stereocenters. The van der Waals surface area contributed by atoms with Crippen molar-refractivity contribution in [2.24, 2.45) is 0 Å². The molecule has 0 aliphatic heterocycles. The van der Waals surface area contributed by atoms with Gasteiger partial charge in [-0.1, -0.05) is 12.5 Å². The van der Waals surface area contributed by atoms with Crippen molar-refractivity contribution in [3.63, 3.8) is 0 Å². The lowest BCUT2D eigenvalue weighted by molar-refractivity contribution is 0.709. The fourth-order valence-electron chi connectivity index (χ4n) is 2.14. The molecule has 1 aromatic rings. The molecule has 3 nitrogen and oxygen atoms in total. The molecule has 3 heteroatoms. The van der Waals surface area contributed by atoms with E-state index >= 15 is 0 Å². The Labute approximate surface area is 97.0 Å². The van der Waals surface area contributed by atoms with E-state index in [9.17, 15) is 0 Å². The number of rotatable bonds is 4. The first-order chi connectivity index (χ1) is 7.92. The van der Waals surface area contributed by atoms with Gasteiger partial charge in [-0.3, -0.25) is 0 Å². The Bertz CT molecular complexity index is 360. The SMILES string of the molecule is C=CCCNc1ncnc2c1CCCCC2. The first kappa shape index (κ1) is 11.1. The standard InChI is InChI=1S/C13H19N3/c1-2-3-9-14-13-11-7-5-4-6-8-12(11)15-10-16-13/h2,10H,1,3-9H2,(H,14,15,16). The highest BCUT2D eigenvalue weighted by molar-refractivity contribution is 5.46. The van der Waals surface area contributed by atoms with Crippen LogP contribution in [0.15, 0.2) is 19.0 Å². The predicted octanol–water partition coefficient (Wildman–Crippen LogP) is 2.73. The van der Waals surface area contributed by atoms with E-state index in [2.05, 4.69) is 21.9 Å². The molecule has 1 aromatic heterocycles. The monoisotopic (exact) mass is 217 g/mol. The molecule has 0 saturated heterocycles. The number of hydrogen-bond acceptors (Lipinski definition) is 3. The number of nitrogens with one attached hydrogen (secondary N) is 1. The molecule has 0 fully saturated rings. The quantitative estimate of drug-likeness (QED) is 0.479. The van der Waals surface area contributed by atoms with Crippen LogP contribution in [0.4, 0.5) is 5.82 Å². The molecule has 2 rings (SSSR count). The van der Waals surface area contributed by atoms with Gasteiger partial charge in [-0.25, -0.2) is 9.97 Å². The van der Waals surface area contributed by atoms with Crippen LogP contribution < -0.4 is 5.32 Å². The van der Waals surface area contributed by atoms with Gasteiger partial charge >= 0.3 is 0 Å². The average Bonchev–Trinajstić information content (AvgIpc) is 2.55. The number of aromatic nitrogens is 2. The lowest BCUT2D eigenvalue weighted by atomic mass is 10.1. The Balaban J connectivity index is 2.14. The highest BCUT2D eigenvalue weighted by Gasteiger charge is 2.13. The van der Waals surface area contributed by atoms with Gasteiger partial charge in [0, 0.05) is 17.8 Å². The first-order valence-corrected chi connectivity index (χ1v) is 6.09. The molecule has 0 unspecified atom stereocenters. The van der Waals surface area contributed by atoms with E-state index in [1.165, 1.54) is 30.5 Å². The summed E-state index contributed by atoms with van der Waals surface area (Å²) in [5.74, 6) is 1.04. The van der Waals surface area contributed by atoms with Gasteiger partial charge in [0.2, 0.25) is 0 Å². The van der Waals surface area contributed by atoms with Gasteiger partial charge in [0.05, 0.1) is 0 Å². The van der Waals surface area contributed by atoms with Crippen LogP contribution >= 0.6 is 0 Å². The summed E-state index contributed by atoms with van der Waals surface area (Å²) in [5, 5.41) is 3.38. The molecule has 86 valence electrons. The molecule has 0 radical (unpaired) electrons. The van der Waals surface area contributed by atoms with Crippen LogP contribution in [0.3, 0.4) is 0 Å². The Morgan fingerprint density at radius 2 is 2.12 bits per heavy atom. The summed E-state index contributed by atoms with van der Waals surface area (Å²) in [6.45, 7) is 4.63. The maximum atomic E-state index is 4.40. The highest BCUT2D eigenvalue weighted by Crippen LogP contribution is 2.23. The Kier molecular flexibility index (Phi) is 3.91. The van der Waals surface area contributed by atoms with Crippen LogP contribution in [0.25, 0.3) is 0 Å². The summed E-state index contributed by atoms with van der Waals surface area (Å²) >= 11 is 0. The summed E-state index contributed by atoms with van der Waals surface area (Å²) in [4.78, 5) is 8.75. The Morgan fingerprint density at radius 1 is 1.25 bits per heavy atom. The molecule has 0 bridgehead atoms. The maximum absolute atomic E-state index is 4.40. The zero-order valence-corrected chi connectivity index (χ0v) is 9.71. The van der Waals surface area contributed by atoms with E-state index in [4.69, 9.17) is 0 Å². The van der Waals surface area contributed by atoms with E-state index in [1.807, 2.05) is 6.08 Å². The van der Waals surface area contributed by atoms with Gasteiger partial charge in [0.1, 0.15) is 12.1 Å². The summed E-state index contributed by atoms with van der Waals surface area (Å²) in [6.07, 6.45) is 10.6. The van der Waals surface area contributed by atoms with Gasteiger partial charge in [-0.2, -0.15) is 0 Å². The minimum absolute atomic E-state index is 0.910. The van der Waals surface area contributed by atoms with Crippen molar-refractivity contribution in [2.75, 3.05) is 11.9 Å². The lowest BCUT2D eigenvalue weighted by Gasteiger charge is -2.11. The van der Waals surface area contributed by atoms with Crippen molar-refractivity contribution in [1.29, 1.82) is 0 Å². The second-order valence-corrected chi connectivity index (χ2v) is 4.21. The van der Waals surface area contributed by atoms with Crippen molar-refractivity contribution < 1.29 is 0 Å². The van der Waals surface area contributed by atoms with Gasteiger partial charge in [0.15, 0.2) is 0 Å². The van der Waals surface area contributed by atoms with Crippen LogP contribution in [-0.2, 0) is 12.8 Å². The van der Waals surface area contributed by atoms with Crippen LogP contribution in [0.5, 0.6) is 0 Å². The third kappa shape index (κ3) is 2.60. The molecule has 0 amide bonds. The highest BCUT2D eigenvalue weighted by atomic mass is 15.0. The number of anilines is 1. The second-order valence-electron chi connectivity index (χ2n) is 4.21. The van der Waals surface area contributed by atoms with Crippen molar-refractivity contribution in [3.05, 3.63) is 30.2 Å². The van der Waals surface area contributed by atoms with E-state index in [0.717, 1.165) is 31.6 Å². The number of hydrogen-bond donors (Lipinski definition) is 1. The average molecular weight is 217 g/mol. The third-order valence-corrected chi connectivity index (χ3v) is 3.02. The molecule has 0 aromatic carbocycles. The van der Waals surface area contributed by atoms with Crippen LogP contribution in [0.1, 0.15) is 36.9 Å². The predicted molar refractivity (Wildman–Crippen MR) is 66.6 cm³/mol. The number of nitrogens with zero attached hydrogens (tertiary/aromatic N) is 2. The van der Waals surface area contributed by atoms with Crippen molar-refractivity contribution in [3.8, 4) is 0 Å². The maximum Gasteiger partial charge on any atom is 0.132 e. The van der Waals surface area contributed by atoms with Crippen molar-refractivity contribution in [2.45, 2.75) is 38.5 Å². The fraction of sp³-hybridized carbons (Fsp3) is 0.538. The normalized spacial score (nSPS) is 15.0. The summed E-state index contributed by atoms with van der Waals surface area (Å²) in [5.41, 5.74) is 2.58. The molecular weight excluding hydrogens is 198 g/mol. The summed E-state index contributed by atoms with van der Waals surface area (Å²) in [6, 6.07) is 0. The molecule has 1 aliphatic carbocycles. The minimum Gasteiger partial charge on any atom is -0.369 e. The van der Waals surface area contributed by atoms with Crippen LogP contribution in [0.2, 0.25) is 0 Å². The topological polar surface area (TPSA) is 37.8 Å². The molecular formula is C13H19N3. The van der Waals surface area contributed by atoms with Crippen molar-refractivity contribution >= 4 is 5.82 Å². The second kappa shape index (κ2) is 5.64. The van der Waals surface area contributed by atoms with Crippen LogP contribution in [0, 0.1) is 0 Å². The fourth-order valence-corrected chi connectivity index (χ4v) is 2.14. The Hall–Kier alpha value is -1.38. The largest absolute Gasteiger partial charge is 0.369 e. The van der Waals surface area contributed by atoms with E-state index < -0.39 is 0 Å². The van der Waals surface area contributed by atoms with E-state index in [-0.39, 0.29) is 0 Å².